The lowest BCUT2D eigenvalue weighted by Gasteiger charge is -2.43. The summed E-state index contributed by atoms with van der Waals surface area (Å²) in [6, 6.07) is 8.58. The maximum atomic E-state index is 13.5. The van der Waals surface area contributed by atoms with Gasteiger partial charge in [0, 0.05) is 99.5 Å². The number of hydrogen-bond acceptors (Lipinski definition) is 12. The average molecular weight is 775 g/mol. The van der Waals surface area contributed by atoms with E-state index in [0.717, 1.165) is 81.2 Å². The van der Waals surface area contributed by atoms with E-state index in [4.69, 9.17) is 9.72 Å². The van der Waals surface area contributed by atoms with E-state index in [1.807, 2.05) is 23.0 Å². The Morgan fingerprint density at radius 1 is 0.961 bits per heavy atom. The van der Waals surface area contributed by atoms with Gasteiger partial charge in [-0.3, -0.25) is 19.5 Å². The summed E-state index contributed by atoms with van der Waals surface area (Å²) in [5.74, 6) is 1.56. The number of nitrogens with one attached hydrogen (secondary N) is 2. The van der Waals surface area contributed by atoms with E-state index < -0.39 is 7.14 Å². The molecule has 3 aromatic heterocycles. The predicted octanol–water partition coefficient (Wildman–Crippen LogP) is 6.03. The van der Waals surface area contributed by atoms with Crippen LogP contribution in [0.3, 0.4) is 0 Å². The fourth-order valence-electron chi connectivity index (χ4n) is 7.09. The molecule has 2 aliphatic heterocycles. The Bertz CT molecular complexity index is 2070. The van der Waals surface area contributed by atoms with Crippen LogP contribution in [0, 0.1) is 0 Å². The van der Waals surface area contributed by atoms with Crippen molar-refractivity contribution < 1.29 is 9.30 Å². The second-order valence-corrected chi connectivity index (χ2v) is 17.6. The number of benzene rings is 2. The Kier molecular flexibility index (Phi) is 10.3. The first-order chi connectivity index (χ1) is 24.6. The van der Waals surface area contributed by atoms with Gasteiger partial charge < -0.3 is 29.7 Å². The second-order valence-electron chi connectivity index (χ2n) is 13.6. The highest BCUT2D eigenvalue weighted by atomic mass is 79.9. The highest BCUT2D eigenvalue weighted by molar-refractivity contribution is 9.10. The van der Waals surface area contributed by atoms with Gasteiger partial charge in [-0.05, 0) is 74.3 Å². The van der Waals surface area contributed by atoms with Crippen molar-refractivity contribution in [3.63, 3.8) is 0 Å². The smallest absolute Gasteiger partial charge is 0.229 e. The number of piperidine rings is 1. The van der Waals surface area contributed by atoms with Gasteiger partial charge in [0.05, 0.1) is 40.0 Å². The molecule has 0 bridgehead atoms. The second kappa shape index (κ2) is 14.9. The minimum Gasteiger partial charge on any atom is -0.494 e. The number of likely N-dealkylation sites (N-methyl/N-ethyl adjacent to an activating group) is 1. The number of nitrogens with zero attached hydrogens (tertiary/aromatic N) is 9. The molecular formula is C36H45BrN11O2P. The van der Waals surface area contributed by atoms with E-state index in [1.54, 1.807) is 39.0 Å². The molecule has 5 heterocycles. The lowest BCUT2D eigenvalue weighted by atomic mass is 9.98. The molecule has 0 aliphatic carbocycles. The molecule has 0 amide bonds. The molecule has 268 valence electrons. The van der Waals surface area contributed by atoms with E-state index in [9.17, 15) is 4.57 Å². The summed E-state index contributed by atoms with van der Waals surface area (Å²) in [6.07, 6.45) is 11.2. The van der Waals surface area contributed by atoms with Gasteiger partial charge in [0.1, 0.15) is 24.2 Å². The molecule has 2 N–H and O–H groups in total. The van der Waals surface area contributed by atoms with Crippen molar-refractivity contribution in [1.29, 1.82) is 0 Å². The van der Waals surface area contributed by atoms with Crippen LogP contribution in [0.15, 0.2) is 59.7 Å². The highest BCUT2D eigenvalue weighted by Gasteiger charge is 2.29. The number of piperazine rings is 1. The first-order valence-corrected chi connectivity index (χ1v) is 20.8. The van der Waals surface area contributed by atoms with Gasteiger partial charge in [0.15, 0.2) is 0 Å². The average Bonchev–Trinajstić information content (AvgIpc) is 3.62. The monoisotopic (exact) mass is 773 g/mol. The molecule has 5 aromatic rings. The van der Waals surface area contributed by atoms with Crippen molar-refractivity contribution >= 4 is 68.2 Å². The molecule has 0 radical (unpaired) electrons. The SMILES string of the molecule is CCn1cc(-c2cc(Nc3ncc(Br)c(Nc4ccc5nccnc5c4P(C)(C)=O)n3)c(OC)cc2N2CCC(N3CCN(C)CC3)CC2)cn1. The number of hydrogen-bond donors (Lipinski definition) is 2. The van der Waals surface area contributed by atoms with Crippen molar-refractivity contribution in [1.82, 2.24) is 39.5 Å². The summed E-state index contributed by atoms with van der Waals surface area (Å²) in [5, 5.41) is 12.0. The van der Waals surface area contributed by atoms with Crippen molar-refractivity contribution in [2.24, 2.45) is 0 Å². The predicted molar refractivity (Wildman–Crippen MR) is 209 cm³/mol. The van der Waals surface area contributed by atoms with Crippen molar-refractivity contribution in [2.75, 3.05) is 82.3 Å². The molecule has 0 spiro atoms. The molecule has 0 saturated carbocycles. The van der Waals surface area contributed by atoms with Crippen molar-refractivity contribution in [3.05, 3.63) is 59.7 Å². The first kappa shape index (κ1) is 35.3. The van der Waals surface area contributed by atoms with Gasteiger partial charge in [-0.1, -0.05) is 0 Å². The van der Waals surface area contributed by atoms with E-state index in [2.05, 4.69) is 93.6 Å². The van der Waals surface area contributed by atoms with E-state index in [-0.39, 0.29) is 0 Å². The number of ether oxygens (including phenoxy) is 1. The highest BCUT2D eigenvalue weighted by Crippen LogP contribution is 2.43. The molecule has 13 nitrogen and oxygen atoms in total. The lowest BCUT2D eigenvalue weighted by molar-refractivity contribution is 0.0982. The van der Waals surface area contributed by atoms with E-state index >= 15 is 0 Å². The number of methoxy groups -OCH3 is 1. The summed E-state index contributed by atoms with van der Waals surface area (Å²) in [4.78, 5) is 25.9. The van der Waals surface area contributed by atoms with Crippen LogP contribution in [0.1, 0.15) is 19.8 Å². The fourth-order valence-corrected chi connectivity index (χ4v) is 8.78. The van der Waals surface area contributed by atoms with Gasteiger partial charge in [-0.2, -0.15) is 10.1 Å². The topological polar surface area (TPSA) is 129 Å². The van der Waals surface area contributed by atoms with Gasteiger partial charge in [-0.25, -0.2) is 4.98 Å². The molecule has 0 unspecified atom stereocenters. The van der Waals surface area contributed by atoms with Gasteiger partial charge in [0.25, 0.3) is 0 Å². The summed E-state index contributed by atoms with van der Waals surface area (Å²) in [6.45, 7) is 12.8. The summed E-state index contributed by atoms with van der Waals surface area (Å²) < 4.78 is 22.1. The van der Waals surface area contributed by atoms with Crippen LogP contribution in [0.2, 0.25) is 0 Å². The zero-order valence-electron chi connectivity index (χ0n) is 29.8. The Hall–Kier alpha value is -4.10. The molecule has 7 rings (SSSR count). The van der Waals surface area contributed by atoms with Crippen LogP contribution >= 0.6 is 23.1 Å². The van der Waals surface area contributed by atoms with Gasteiger partial charge in [-0.15, -0.1) is 0 Å². The molecule has 2 saturated heterocycles. The van der Waals surface area contributed by atoms with Crippen LogP contribution in [0.5, 0.6) is 5.75 Å². The molecule has 15 heteroatoms. The third-order valence-corrected chi connectivity index (χ3v) is 12.0. The van der Waals surface area contributed by atoms with Crippen molar-refractivity contribution in [3.8, 4) is 16.9 Å². The number of aromatic nitrogens is 6. The van der Waals surface area contributed by atoms with E-state index in [1.165, 1.54) is 0 Å². The Morgan fingerprint density at radius 3 is 2.43 bits per heavy atom. The Labute approximate surface area is 307 Å². The molecular weight excluding hydrogens is 729 g/mol. The third-order valence-electron chi connectivity index (χ3n) is 9.84. The first-order valence-electron chi connectivity index (χ1n) is 17.4. The van der Waals surface area contributed by atoms with Crippen LogP contribution < -0.4 is 25.6 Å². The lowest BCUT2D eigenvalue weighted by Crippen LogP contribution is -2.52. The molecule has 2 fully saturated rings. The number of rotatable bonds is 10. The molecule has 2 aromatic carbocycles. The number of aryl methyl sites for hydroxylation is 1. The van der Waals surface area contributed by atoms with Gasteiger partial charge >= 0.3 is 0 Å². The molecule has 0 atom stereocenters. The van der Waals surface area contributed by atoms with Crippen LogP contribution in [0.25, 0.3) is 22.2 Å². The maximum Gasteiger partial charge on any atom is 0.229 e. The number of fused-ring (bicyclic) bond motifs is 1. The Morgan fingerprint density at radius 2 is 1.73 bits per heavy atom. The minimum absolute atomic E-state index is 0.369. The maximum absolute atomic E-state index is 13.5. The minimum atomic E-state index is -2.77. The summed E-state index contributed by atoms with van der Waals surface area (Å²) >= 11 is 3.61. The fraction of sp³-hybridized carbons (Fsp3) is 0.417. The van der Waals surface area contributed by atoms with Crippen LogP contribution in [0.4, 0.5) is 28.8 Å². The van der Waals surface area contributed by atoms with E-state index in [0.29, 0.717) is 50.1 Å². The Balaban J connectivity index is 1.19. The number of halogens is 1. The number of anilines is 5. The summed E-state index contributed by atoms with van der Waals surface area (Å²) in [5.41, 5.74) is 5.89. The standard InChI is InChI=1S/C36H45BrN11O2P/c1-6-48-23-24(21-41-48)26-19-30(32(50-3)20-31(26)47-13-9-25(10-14-47)46-17-15-45(2)16-18-46)43-36-40-22-27(37)35(44-36)42-29-8-7-28-33(39-12-11-38-28)34(29)51(4,5)49/h7-8,11-12,19-23,25H,6,9-10,13-18H2,1-5H3,(H2,40,42,43,44). The molecule has 51 heavy (non-hydrogen) atoms. The van der Waals surface area contributed by atoms with Crippen molar-refractivity contribution in [2.45, 2.75) is 32.4 Å². The molecule has 2 aliphatic rings. The normalized spacial score (nSPS) is 16.5. The quantitative estimate of drug-likeness (QED) is 0.161. The van der Waals surface area contributed by atoms with Gasteiger partial charge in [0.2, 0.25) is 5.95 Å². The summed E-state index contributed by atoms with van der Waals surface area (Å²) in [7, 11) is 1.13. The zero-order valence-corrected chi connectivity index (χ0v) is 32.3. The third kappa shape index (κ3) is 7.60. The van der Waals surface area contributed by atoms with Crippen LogP contribution in [-0.2, 0) is 11.1 Å². The van der Waals surface area contributed by atoms with Crippen LogP contribution in [-0.4, -0.2) is 112 Å². The largest absolute Gasteiger partial charge is 0.494 e. The zero-order chi connectivity index (χ0) is 35.7.